The molecule has 22 heavy (non-hydrogen) atoms. The molecule has 0 saturated carbocycles. The maximum absolute atomic E-state index is 12.7. The van der Waals surface area contributed by atoms with Gasteiger partial charge in [0.1, 0.15) is 0 Å². The molecule has 0 atom stereocenters. The first-order valence-electron chi connectivity index (χ1n) is 7.55. The normalized spacial score (nSPS) is 14.8. The maximum atomic E-state index is 12.7. The van der Waals surface area contributed by atoms with Gasteiger partial charge in [-0.05, 0) is 61.1 Å². The molecule has 2 aromatic rings. The smallest absolute Gasteiger partial charge is 0.243 e. The summed E-state index contributed by atoms with van der Waals surface area (Å²) in [6.45, 7) is 0.278. The second-order valence-corrected chi connectivity index (χ2v) is 7.76. The Kier molecular flexibility index (Phi) is 4.27. The van der Waals surface area contributed by atoms with Crippen molar-refractivity contribution in [2.24, 2.45) is 0 Å². The van der Waals surface area contributed by atoms with Crippen LogP contribution in [0.15, 0.2) is 47.5 Å². The van der Waals surface area contributed by atoms with Crippen molar-refractivity contribution in [3.63, 3.8) is 0 Å². The molecule has 0 aliphatic heterocycles. The highest BCUT2D eigenvalue weighted by Crippen LogP contribution is 2.25. The minimum atomic E-state index is -3.48. The monoisotopic (exact) mass is 316 g/mol. The number of aromatic nitrogens is 1. The van der Waals surface area contributed by atoms with Crippen LogP contribution in [0.4, 0.5) is 0 Å². The molecule has 1 aromatic carbocycles. The van der Waals surface area contributed by atoms with Gasteiger partial charge in [-0.1, -0.05) is 12.1 Å². The van der Waals surface area contributed by atoms with Crippen molar-refractivity contribution >= 4 is 10.0 Å². The van der Waals surface area contributed by atoms with Crippen molar-refractivity contribution < 1.29 is 8.42 Å². The molecule has 1 aromatic heterocycles. The fourth-order valence-corrected chi connectivity index (χ4v) is 4.05. The number of pyridine rings is 1. The van der Waals surface area contributed by atoms with Gasteiger partial charge < -0.3 is 0 Å². The van der Waals surface area contributed by atoms with Crippen LogP contribution < -0.4 is 0 Å². The fourth-order valence-electron chi connectivity index (χ4n) is 2.85. The lowest BCUT2D eigenvalue weighted by molar-refractivity contribution is 0.462. The molecule has 0 amide bonds. The summed E-state index contributed by atoms with van der Waals surface area (Å²) >= 11 is 0. The average molecular weight is 316 g/mol. The molecule has 3 rings (SSSR count). The summed E-state index contributed by atoms with van der Waals surface area (Å²) < 4.78 is 26.8. The summed E-state index contributed by atoms with van der Waals surface area (Å²) in [6, 6.07) is 11.1. The molecule has 0 fully saturated rings. The lowest BCUT2D eigenvalue weighted by Gasteiger charge is -2.20. The molecule has 4 nitrogen and oxygen atoms in total. The molecule has 0 unspecified atom stereocenters. The lowest BCUT2D eigenvalue weighted by atomic mass is 9.92. The third kappa shape index (κ3) is 3.05. The van der Waals surface area contributed by atoms with Crippen molar-refractivity contribution in [3.8, 4) is 0 Å². The van der Waals surface area contributed by atoms with E-state index < -0.39 is 10.0 Å². The third-order valence-corrected chi connectivity index (χ3v) is 5.94. The molecule has 1 aliphatic rings. The fraction of sp³-hybridized carbons (Fsp3) is 0.353. The second kappa shape index (κ2) is 6.18. The van der Waals surface area contributed by atoms with Crippen LogP contribution in [0.5, 0.6) is 0 Å². The molecule has 0 bridgehead atoms. The molecule has 5 heteroatoms. The van der Waals surface area contributed by atoms with Gasteiger partial charge in [-0.2, -0.15) is 4.31 Å². The predicted octanol–water partition coefficient (Wildman–Crippen LogP) is 2.78. The van der Waals surface area contributed by atoms with E-state index >= 15 is 0 Å². The minimum Gasteiger partial charge on any atom is -0.260 e. The van der Waals surface area contributed by atoms with Crippen molar-refractivity contribution in [2.75, 3.05) is 7.05 Å². The van der Waals surface area contributed by atoms with Crippen molar-refractivity contribution in [1.82, 2.24) is 9.29 Å². The maximum Gasteiger partial charge on any atom is 0.243 e. The number of hydrogen-bond acceptors (Lipinski definition) is 3. The summed E-state index contributed by atoms with van der Waals surface area (Å²) in [5.41, 5.74) is 3.21. The Morgan fingerprint density at radius 1 is 1.09 bits per heavy atom. The van der Waals surface area contributed by atoms with Gasteiger partial charge in [-0.25, -0.2) is 8.42 Å². The lowest BCUT2D eigenvalue weighted by Crippen LogP contribution is -2.27. The van der Waals surface area contributed by atoms with E-state index in [2.05, 4.69) is 4.98 Å². The summed E-state index contributed by atoms with van der Waals surface area (Å²) in [4.78, 5) is 4.57. The van der Waals surface area contributed by atoms with E-state index in [4.69, 9.17) is 0 Å². The van der Waals surface area contributed by atoms with E-state index in [-0.39, 0.29) is 6.54 Å². The number of benzene rings is 1. The standard InChI is InChI=1S/C17H20N2O2S/c1-19(13-16-8-4-5-11-18-16)22(20,21)17-10-9-14-6-2-3-7-15(14)12-17/h4-5,8-12H,2-3,6-7,13H2,1H3. The van der Waals surface area contributed by atoms with Crippen LogP contribution in [0.1, 0.15) is 29.7 Å². The summed E-state index contributed by atoms with van der Waals surface area (Å²) in [5, 5.41) is 0. The van der Waals surface area contributed by atoms with Crippen LogP contribution in [0.25, 0.3) is 0 Å². The van der Waals surface area contributed by atoms with Crippen LogP contribution in [-0.4, -0.2) is 24.8 Å². The number of fused-ring (bicyclic) bond motifs is 1. The number of nitrogens with zero attached hydrogens (tertiary/aromatic N) is 2. The van der Waals surface area contributed by atoms with E-state index in [0.29, 0.717) is 4.90 Å². The van der Waals surface area contributed by atoms with Crippen LogP contribution >= 0.6 is 0 Å². The number of sulfonamides is 1. The Hall–Kier alpha value is -1.72. The van der Waals surface area contributed by atoms with Gasteiger partial charge in [0, 0.05) is 13.2 Å². The quantitative estimate of drug-likeness (QED) is 0.871. The highest BCUT2D eigenvalue weighted by molar-refractivity contribution is 7.89. The van der Waals surface area contributed by atoms with Crippen LogP contribution in [0.2, 0.25) is 0 Å². The first kappa shape index (κ1) is 15.2. The third-order valence-electron chi connectivity index (χ3n) is 4.14. The molecular formula is C17H20N2O2S. The van der Waals surface area contributed by atoms with Crippen LogP contribution in [-0.2, 0) is 29.4 Å². The van der Waals surface area contributed by atoms with Crippen LogP contribution in [0, 0.1) is 0 Å². The SMILES string of the molecule is CN(Cc1ccccn1)S(=O)(=O)c1ccc2c(c1)CCCC2. The zero-order valence-corrected chi connectivity index (χ0v) is 13.5. The van der Waals surface area contributed by atoms with E-state index in [1.54, 1.807) is 19.3 Å². The van der Waals surface area contributed by atoms with Gasteiger partial charge in [0.05, 0.1) is 17.1 Å². The second-order valence-electron chi connectivity index (χ2n) is 5.72. The Morgan fingerprint density at radius 2 is 1.86 bits per heavy atom. The molecule has 0 saturated heterocycles. The Morgan fingerprint density at radius 3 is 2.59 bits per heavy atom. The van der Waals surface area contributed by atoms with Crippen LogP contribution in [0.3, 0.4) is 0 Å². The topological polar surface area (TPSA) is 50.3 Å². The predicted molar refractivity (Wildman–Crippen MR) is 86.0 cm³/mol. The van der Waals surface area contributed by atoms with Gasteiger partial charge in [-0.15, -0.1) is 0 Å². The molecule has 1 heterocycles. The minimum absolute atomic E-state index is 0.278. The van der Waals surface area contributed by atoms with Gasteiger partial charge in [0.15, 0.2) is 0 Å². The van der Waals surface area contributed by atoms with Crippen molar-refractivity contribution in [3.05, 3.63) is 59.4 Å². The molecular weight excluding hydrogens is 296 g/mol. The first-order valence-corrected chi connectivity index (χ1v) is 8.99. The van der Waals surface area contributed by atoms with E-state index in [1.165, 1.54) is 21.9 Å². The highest BCUT2D eigenvalue weighted by atomic mass is 32.2. The number of rotatable bonds is 4. The van der Waals surface area contributed by atoms with Gasteiger partial charge in [0.2, 0.25) is 10.0 Å². The van der Waals surface area contributed by atoms with Gasteiger partial charge >= 0.3 is 0 Å². The molecule has 0 N–H and O–H groups in total. The Labute approximate surface area is 131 Å². The van der Waals surface area contributed by atoms with Crippen molar-refractivity contribution in [1.29, 1.82) is 0 Å². The summed E-state index contributed by atoms with van der Waals surface area (Å²) in [5.74, 6) is 0. The van der Waals surface area contributed by atoms with E-state index in [1.807, 2.05) is 30.3 Å². The summed E-state index contributed by atoms with van der Waals surface area (Å²) in [7, 11) is -1.88. The van der Waals surface area contributed by atoms with Crippen molar-refractivity contribution in [2.45, 2.75) is 37.1 Å². The van der Waals surface area contributed by atoms with E-state index in [0.717, 1.165) is 25.0 Å². The zero-order chi connectivity index (χ0) is 15.6. The number of hydrogen-bond donors (Lipinski definition) is 0. The largest absolute Gasteiger partial charge is 0.260 e. The highest BCUT2D eigenvalue weighted by Gasteiger charge is 2.23. The van der Waals surface area contributed by atoms with Gasteiger partial charge in [-0.3, -0.25) is 4.98 Å². The first-order chi connectivity index (χ1) is 10.6. The summed E-state index contributed by atoms with van der Waals surface area (Å²) in [6.07, 6.45) is 6.04. The van der Waals surface area contributed by atoms with E-state index in [9.17, 15) is 8.42 Å². The number of aryl methyl sites for hydroxylation is 2. The van der Waals surface area contributed by atoms with Gasteiger partial charge in [0.25, 0.3) is 0 Å². The Bertz CT molecular complexity index is 757. The molecule has 0 radical (unpaired) electrons. The molecule has 1 aliphatic carbocycles. The average Bonchev–Trinajstić information content (AvgIpc) is 2.55. The Balaban J connectivity index is 1.86. The molecule has 0 spiro atoms. The zero-order valence-electron chi connectivity index (χ0n) is 12.7. The molecule has 116 valence electrons.